The van der Waals surface area contributed by atoms with Gasteiger partial charge in [0.15, 0.2) is 0 Å². The highest BCUT2D eigenvalue weighted by Crippen LogP contribution is 2.40. The van der Waals surface area contributed by atoms with E-state index in [2.05, 4.69) is 49.4 Å². The molecule has 156 valence electrons. The van der Waals surface area contributed by atoms with Crippen molar-refractivity contribution in [2.75, 3.05) is 24.5 Å². The van der Waals surface area contributed by atoms with Crippen LogP contribution in [-0.2, 0) is 0 Å². The second kappa shape index (κ2) is 7.64. The van der Waals surface area contributed by atoms with Crippen LogP contribution < -0.4 is 10.2 Å². The van der Waals surface area contributed by atoms with Gasteiger partial charge >= 0.3 is 0 Å². The quantitative estimate of drug-likeness (QED) is 0.659. The highest BCUT2D eigenvalue weighted by Gasteiger charge is 2.29. The third-order valence-corrected chi connectivity index (χ3v) is 5.73. The first-order valence-electron chi connectivity index (χ1n) is 10.4. The van der Waals surface area contributed by atoms with Gasteiger partial charge in [-0.2, -0.15) is 0 Å². The van der Waals surface area contributed by atoms with Gasteiger partial charge in [0.25, 0.3) is 0 Å². The maximum Gasteiger partial charge on any atom is 0.247 e. The van der Waals surface area contributed by atoms with E-state index in [-0.39, 0.29) is 5.75 Å². The fourth-order valence-electron chi connectivity index (χ4n) is 3.67. The molecule has 5 rings (SSSR count). The zero-order valence-electron chi connectivity index (χ0n) is 17.1. The van der Waals surface area contributed by atoms with Gasteiger partial charge in [0.2, 0.25) is 17.7 Å². The van der Waals surface area contributed by atoms with Gasteiger partial charge in [-0.15, -0.1) is 20.4 Å². The van der Waals surface area contributed by atoms with Crippen LogP contribution in [0, 0.1) is 5.92 Å². The summed E-state index contributed by atoms with van der Waals surface area (Å²) in [6.45, 7) is 7.00. The van der Waals surface area contributed by atoms with Gasteiger partial charge in [-0.25, -0.2) is 4.98 Å². The first-order chi connectivity index (χ1) is 14.6. The van der Waals surface area contributed by atoms with E-state index in [1.54, 1.807) is 18.3 Å². The Balaban J connectivity index is 1.34. The lowest BCUT2D eigenvalue weighted by molar-refractivity contribution is 0.365. The molecule has 0 radical (unpaired) electrons. The average Bonchev–Trinajstić information content (AvgIpc) is 3.50. The molecule has 0 bridgehead atoms. The van der Waals surface area contributed by atoms with Crippen molar-refractivity contribution in [1.29, 1.82) is 0 Å². The fourth-order valence-corrected chi connectivity index (χ4v) is 3.67. The summed E-state index contributed by atoms with van der Waals surface area (Å²) in [5.41, 5.74) is 1.75. The number of hydrogen-bond acceptors (Lipinski definition) is 9. The number of phenolic OH excluding ortho intramolecular Hbond substituents is 1. The van der Waals surface area contributed by atoms with Gasteiger partial charge in [-0.3, -0.25) is 0 Å². The molecule has 1 aliphatic carbocycles. The molecule has 0 spiro atoms. The number of phenols is 1. The lowest BCUT2D eigenvalue weighted by Crippen LogP contribution is -2.53. The Morgan fingerprint density at radius 1 is 1.17 bits per heavy atom. The Morgan fingerprint density at radius 2 is 2.03 bits per heavy atom. The summed E-state index contributed by atoms with van der Waals surface area (Å²) in [6, 6.07) is 5.62. The number of aromatic hydroxyl groups is 1. The molecule has 9 nitrogen and oxygen atoms in total. The van der Waals surface area contributed by atoms with E-state index in [4.69, 9.17) is 4.42 Å². The first kappa shape index (κ1) is 18.9. The van der Waals surface area contributed by atoms with E-state index >= 15 is 0 Å². The number of nitrogens with one attached hydrogen (secondary N) is 1. The zero-order chi connectivity index (χ0) is 20.7. The number of piperazine rings is 1. The smallest absolute Gasteiger partial charge is 0.247 e. The SMILES string of the molecule is CC(C)C1CN(c2ncc(-c3ccc(-c4nnc(C5CC5)o4)cc3O)nn2)CCN1. The van der Waals surface area contributed by atoms with Crippen molar-refractivity contribution < 1.29 is 9.52 Å². The average molecular weight is 407 g/mol. The zero-order valence-corrected chi connectivity index (χ0v) is 17.1. The van der Waals surface area contributed by atoms with Crippen molar-refractivity contribution in [3.8, 4) is 28.5 Å². The second-order valence-corrected chi connectivity index (χ2v) is 8.35. The molecule has 2 aromatic heterocycles. The molecule has 1 saturated carbocycles. The molecular weight excluding hydrogens is 382 g/mol. The minimum Gasteiger partial charge on any atom is -0.507 e. The minimum absolute atomic E-state index is 0.0737. The van der Waals surface area contributed by atoms with Crippen molar-refractivity contribution in [2.24, 2.45) is 5.92 Å². The van der Waals surface area contributed by atoms with Crippen molar-refractivity contribution >= 4 is 5.95 Å². The first-order valence-corrected chi connectivity index (χ1v) is 10.4. The number of aromatic nitrogens is 5. The maximum atomic E-state index is 10.5. The number of hydrogen-bond donors (Lipinski definition) is 2. The van der Waals surface area contributed by atoms with E-state index in [9.17, 15) is 5.11 Å². The van der Waals surface area contributed by atoms with E-state index in [0.29, 0.717) is 52.4 Å². The number of benzene rings is 1. The van der Waals surface area contributed by atoms with E-state index in [1.165, 1.54) is 0 Å². The van der Waals surface area contributed by atoms with Crippen LogP contribution in [0.3, 0.4) is 0 Å². The van der Waals surface area contributed by atoms with Crippen LogP contribution in [0.1, 0.15) is 38.5 Å². The lowest BCUT2D eigenvalue weighted by atomic mass is 10.0. The number of rotatable bonds is 5. The molecule has 1 saturated heterocycles. The standard InChI is InChI=1S/C21H25N7O2/c1-12(2)17-11-28(8-7-22-17)21-23-10-16(24-27-21)15-6-5-14(9-18(15)29)20-26-25-19(30-20)13-3-4-13/h5-6,9-10,12-13,17,22,29H,3-4,7-8,11H2,1-2H3. The molecule has 3 aromatic rings. The van der Waals surface area contributed by atoms with Crippen LogP contribution >= 0.6 is 0 Å². The summed E-state index contributed by atoms with van der Waals surface area (Å²) in [7, 11) is 0. The summed E-state index contributed by atoms with van der Waals surface area (Å²) >= 11 is 0. The summed E-state index contributed by atoms with van der Waals surface area (Å²) < 4.78 is 5.72. The van der Waals surface area contributed by atoms with Crippen molar-refractivity contribution in [2.45, 2.75) is 38.6 Å². The Bertz CT molecular complexity index is 1030. The normalized spacial score (nSPS) is 19.4. The minimum atomic E-state index is 0.0737. The molecule has 2 aliphatic rings. The van der Waals surface area contributed by atoms with E-state index in [1.807, 2.05) is 6.07 Å². The predicted octanol–water partition coefficient (Wildman–Crippen LogP) is 2.61. The lowest BCUT2D eigenvalue weighted by Gasteiger charge is -2.35. The Labute approximate surface area is 174 Å². The van der Waals surface area contributed by atoms with Crippen LogP contribution in [0.2, 0.25) is 0 Å². The Morgan fingerprint density at radius 3 is 2.73 bits per heavy atom. The van der Waals surface area contributed by atoms with Gasteiger partial charge in [0.05, 0.1) is 6.20 Å². The summed E-state index contributed by atoms with van der Waals surface area (Å²) in [4.78, 5) is 6.64. The van der Waals surface area contributed by atoms with Crippen molar-refractivity contribution in [3.05, 3.63) is 30.3 Å². The highest BCUT2D eigenvalue weighted by atomic mass is 16.4. The van der Waals surface area contributed by atoms with Crippen LogP contribution in [0.5, 0.6) is 5.75 Å². The van der Waals surface area contributed by atoms with Crippen molar-refractivity contribution in [1.82, 2.24) is 30.7 Å². The molecule has 1 atom stereocenters. The highest BCUT2D eigenvalue weighted by molar-refractivity contribution is 5.71. The predicted molar refractivity (Wildman–Crippen MR) is 111 cm³/mol. The molecule has 9 heteroatoms. The van der Waals surface area contributed by atoms with Gasteiger partial charge in [0.1, 0.15) is 11.4 Å². The molecule has 30 heavy (non-hydrogen) atoms. The largest absolute Gasteiger partial charge is 0.507 e. The Kier molecular flexibility index (Phi) is 4.82. The van der Waals surface area contributed by atoms with Gasteiger partial charge in [-0.1, -0.05) is 13.8 Å². The third kappa shape index (κ3) is 3.72. The number of anilines is 1. The van der Waals surface area contributed by atoms with Crippen LogP contribution in [0.4, 0.5) is 5.95 Å². The van der Waals surface area contributed by atoms with Gasteiger partial charge in [0, 0.05) is 42.7 Å². The molecule has 1 aromatic carbocycles. The second-order valence-electron chi connectivity index (χ2n) is 8.35. The summed E-state index contributed by atoms with van der Waals surface area (Å²) in [5, 5.41) is 30.9. The summed E-state index contributed by atoms with van der Waals surface area (Å²) in [5.74, 6) is 2.70. The number of nitrogens with zero attached hydrogens (tertiary/aromatic N) is 6. The van der Waals surface area contributed by atoms with Crippen LogP contribution in [-0.4, -0.2) is 56.2 Å². The van der Waals surface area contributed by atoms with E-state index in [0.717, 1.165) is 32.5 Å². The molecular formula is C21H25N7O2. The maximum absolute atomic E-state index is 10.5. The van der Waals surface area contributed by atoms with Crippen LogP contribution in [0.25, 0.3) is 22.7 Å². The Hall–Kier alpha value is -3.07. The van der Waals surface area contributed by atoms with Crippen molar-refractivity contribution in [3.63, 3.8) is 0 Å². The molecule has 2 fully saturated rings. The summed E-state index contributed by atoms with van der Waals surface area (Å²) in [6.07, 6.45) is 3.85. The van der Waals surface area contributed by atoms with Crippen LogP contribution in [0.15, 0.2) is 28.8 Å². The fraction of sp³-hybridized carbons (Fsp3) is 0.476. The molecule has 0 amide bonds. The van der Waals surface area contributed by atoms with Gasteiger partial charge < -0.3 is 19.7 Å². The van der Waals surface area contributed by atoms with Gasteiger partial charge in [-0.05, 0) is 37.0 Å². The third-order valence-electron chi connectivity index (χ3n) is 5.73. The van der Waals surface area contributed by atoms with E-state index < -0.39 is 0 Å². The monoisotopic (exact) mass is 407 g/mol. The molecule has 3 heterocycles. The molecule has 1 aliphatic heterocycles. The molecule has 2 N–H and O–H groups in total. The molecule has 1 unspecified atom stereocenters. The topological polar surface area (TPSA) is 113 Å².